The molecule has 5 heteroatoms. The van der Waals surface area contributed by atoms with Gasteiger partial charge in [0.25, 0.3) is 5.60 Å². The van der Waals surface area contributed by atoms with Crippen molar-refractivity contribution >= 4 is 18.5 Å². The Bertz CT molecular complexity index is 434. The van der Waals surface area contributed by atoms with Gasteiger partial charge in [-0.3, -0.25) is 9.59 Å². The first-order valence-electron chi connectivity index (χ1n) is 7.40. The Morgan fingerprint density at radius 1 is 1.14 bits per heavy atom. The highest BCUT2D eigenvalue weighted by Gasteiger charge is 2.37. The maximum Gasteiger partial charge on any atom is 0.353 e. The van der Waals surface area contributed by atoms with E-state index in [0.29, 0.717) is 6.42 Å². The van der Waals surface area contributed by atoms with Crippen molar-refractivity contribution < 1.29 is 24.2 Å². The third kappa shape index (κ3) is 7.69. The number of aldehydes is 2. The van der Waals surface area contributed by atoms with Crippen molar-refractivity contribution in [2.24, 2.45) is 0 Å². The van der Waals surface area contributed by atoms with E-state index in [1.807, 2.05) is 0 Å². The summed E-state index contributed by atoms with van der Waals surface area (Å²) in [5, 5.41) is 8.91. The van der Waals surface area contributed by atoms with E-state index in [1.165, 1.54) is 24.8 Å². The number of hydrogen-bond acceptors (Lipinski definition) is 5. The minimum Gasteiger partial charge on any atom is -0.463 e. The van der Waals surface area contributed by atoms with Crippen LogP contribution in [0.2, 0.25) is 0 Å². The summed E-state index contributed by atoms with van der Waals surface area (Å²) >= 11 is 0. The van der Waals surface area contributed by atoms with Crippen molar-refractivity contribution in [3.8, 4) is 0 Å². The molecule has 0 atom stereocenters. The van der Waals surface area contributed by atoms with Crippen molar-refractivity contribution in [1.29, 1.82) is 0 Å². The van der Waals surface area contributed by atoms with Gasteiger partial charge in [0.1, 0.15) is 0 Å². The molecular formula is C17H24O5. The number of aryl methyl sites for hydroxylation is 1. The van der Waals surface area contributed by atoms with Gasteiger partial charge in [-0.1, -0.05) is 50.6 Å². The van der Waals surface area contributed by atoms with Crippen molar-refractivity contribution in [3.63, 3.8) is 0 Å². The van der Waals surface area contributed by atoms with Crippen LogP contribution < -0.4 is 0 Å². The lowest BCUT2D eigenvalue weighted by Gasteiger charge is -2.11. The maximum atomic E-state index is 10.8. The Balaban J connectivity index is 0.000000406. The van der Waals surface area contributed by atoms with Crippen LogP contribution in [0.1, 0.15) is 38.7 Å². The van der Waals surface area contributed by atoms with Crippen LogP contribution in [0, 0.1) is 0 Å². The molecule has 0 spiro atoms. The molecule has 22 heavy (non-hydrogen) atoms. The summed E-state index contributed by atoms with van der Waals surface area (Å²) in [4.78, 5) is 30.9. The molecular weight excluding hydrogens is 284 g/mol. The maximum absolute atomic E-state index is 10.8. The average Bonchev–Trinajstić information content (AvgIpc) is 2.58. The van der Waals surface area contributed by atoms with Gasteiger partial charge in [0, 0.05) is 0 Å². The third-order valence-corrected chi connectivity index (χ3v) is 2.79. The van der Waals surface area contributed by atoms with Gasteiger partial charge in [-0.25, -0.2) is 4.79 Å². The van der Waals surface area contributed by atoms with E-state index >= 15 is 0 Å². The van der Waals surface area contributed by atoms with Crippen LogP contribution in [0.25, 0.3) is 0 Å². The monoisotopic (exact) mass is 308 g/mol. The summed E-state index contributed by atoms with van der Waals surface area (Å²) in [6.07, 6.45) is 4.08. The Hall–Kier alpha value is -2.01. The number of rotatable bonds is 8. The molecule has 0 amide bonds. The molecule has 0 aliphatic carbocycles. The van der Waals surface area contributed by atoms with Gasteiger partial charge in [0.2, 0.25) is 0 Å². The summed E-state index contributed by atoms with van der Waals surface area (Å²) in [5.41, 5.74) is -1.17. The second kappa shape index (κ2) is 11.6. The minimum absolute atomic E-state index is 0.0722. The van der Waals surface area contributed by atoms with Gasteiger partial charge in [-0.2, -0.15) is 0 Å². The number of esters is 1. The van der Waals surface area contributed by atoms with E-state index in [2.05, 4.69) is 42.0 Å². The van der Waals surface area contributed by atoms with Crippen LogP contribution in [0.3, 0.4) is 0 Å². The SMILES string of the molecule is CCCCc1ccccc1.CCCOC(=O)C(O)(C=O)C=O. The highest BCUT2D eigenvalue weighted by atomic mass is 16.6. The molecule has 1 aromatic rings. The molecule has 0 saturated carbocycles. The molecule has 0 bridgehead atoms. The van der Waals surface area contributed by atoms with Crippen molar-refractivity contribution in [2.75, 3.05) is 6.61 Å². The molecule has 0 unspecified atom stereocenters. The number of aliphatic hydroxyl groups is 1. The van der Waals surface area contributed by atoms with Crippen molar-refractivity contribution in [2.45, 2.75) is 45.1 Å². The van der Waals surface area contributed by atoms with E-state index in [4.69, 9.17) is 5.11 Å². The Labute approximate surface area is 131 Å². The molecule has 0 aromatic heterocycles. The number of unbranched alkanes of at least 4 members (excludes halogenated alkanes) is 1. The first kappa shape index (κ1) is 20.0. The van der Waals surface area contributed by atoms with Gasteiger partial charge >= 0.3 is 5.97 Å². The quantitative estimate of drug-likeness (QED) is 0.452. The number of ether oxygens (including phenoxy) is 1. The van der Waals surface area contributed by atoms with E-state index < -0.39 is 11.6 Å². The standard InChI is InChI=1S/C10H14.C7H10O5/c1-2-3-7-10-8-5-4-6-9-10;1-2-3-12-6(10)7(11,4-8)5-9/h4-6,8-9H,2-3,7H2,1H3;4-5,11H,2-3H2,1H3. The summed E-state index contributed by atoms with van der Waals surface area (Å²) < 4.78 is 4.39. The summed E-state index contributed by atoms with van der Waals surface area (Å²) in [7, 11) is 0. The fourth-order valence-corrected chi connectivity index (χ4v) is 1.46. The summed E-state index contributed by atoms with van der Waals surface area (Å²) in [6, 6.07) is 10.6. The highest BCUT2D eigenvalue weighted by Crippen LogP contribution is 2.03. The van der Waals surface area contributed by atoms with Crippen LogP contribution in [0.15, 0.2) is 30.3 Å². The van der Waals surface area contributed by atoms with Gasteiger partial charge in [0.05, 0.1) is 6.61 Å². The first-order valence-corrected chi connectivity index (χ1v) is 7.40. The molecule has 0 aliphatic rings. The van der Waals surface area contributed by atoms with Crippen molar-refractivity contribution in [1.82, 2.24) is 0 Å². The van der Waals surface area contributed by atoms with Crippen molar-refractivity contribution in [3.05, 3.63) is 35.9 Å². The fourth-order valence-electron chi connectivity index (χ4n) is 1.46. The summed E-state index contributed by atoms with van der Waals surface area (Å²) in [6.45, 7) is 4.04. The zero-order valence-corrected chi connectivity index (χ0v) is 13.2. The number of benzene rings is 1. The molecule has 5 nitrogen and oxygen atoms in total. The predicted molar refractivity (Wildman–Crippen MR) is 83.4 cm³/mol. The number of hydrogen-bond donors (Lipinski definition) is 1. The second-order valence-electron chi connectivity index (χ2n) is 4.79. The van der Waals surface area contributed by atoms with Crippen LogP contribution in [-0.2, 0) is 25.5 Å². The Kier molecular flexibility index (Phi) is 10.6. The zero-order valence-electron chi connectivity index (χ0n) is 13.2. The molecule has 1 aromatic carbocycles. The topological polar surface area (TPSA) is 80.7 Å². The van der Waals surface area contributed by atoms with Gasteiger partial charge in [0.15, 0.2) is 12.6 Å². The molecule has 1 N–H and O–H groups in total. The predicted octanol–water partition coefficient (Wildman–Crippen LogP) is 2.10. The normalized spacial score (nSPS) is 10.1. The van der Waals surface area contributed by atoms with E-state index in [0.717, 1.165) is 0 Å². The number of carbonyl (C=O) groups is 3. The average molecular weight is 308 g/mol. The summed E-state index contributed by atoms with van der Waals surface area (Å²) in [5.74, 6) is -1.23. The molecule has 0 fully saturated rings. The fraction of sp³-hybridized carbons (Fsp3) is 0.471. The van der Waals surface area contributed by atoms with Gasteiger partial charge < -0.3 is 9.84 Å². The van der Waals surface area contributed by atoms with E-state index in [-0.39, 0.29) is 19.2 Å². The van der Waals surface area contributed by atoms with E-state index in [9.17, 15) is 14.4 Å². The molecule has 0 aliphatic heterocycles. The minimum atomic E-state index is -2.63. The number of carbonyl (C=O) groups excluding carboxylic acids is 3. The van der Waals surface area contributed by atoms with E-state index in [1.54, 1.807) is 6.92 Å². The van der Waals surface area contributed by atoms with Gasteiger partial charge in [-0.05, 0) is 24.8 Å². The second-order valence-corrected chi connectivity index (χ2v) is 4.79. The lowest BCUT2D eigenvalue weighted by Crippen LogP contribution is -2.43. The zero-order chi connectivity index (χ0) is 16.8. The Morgan fingerprint density at radius 2 is 1.73 bits per heavy atom. The molecule has 122 valence electrons. The largest absolute Gasteiger partial charge is 0.463 e. The third-order valence-electron chi connectivity index (χ3n) is 2.79. The highest BCUT2D eigenvalue weighted by molar-refractivity contribution is 6.11. The lowest BCUT2D eigenvalue weighted by molar-refractivity contribution is -0.167. The van der Waals surface area contributed by atoms with Crippen LogP contribution >= 0.6 is 0 Å². The Morgan fingerprint density at radius 3 is 2.18 bits per heavy atom. The van der Waals surface area contributed by atoms with Crippen LogP contribution in [0.4, 0.5) is 0 Å². The smallest absolute Gasteiger partial charge is 0.353 e. The first-order chi connectivity index (χ1) is 10.5. The molecule has 1 rings (SSSR count). The molecule has 0 heterocycles. The molecule has 0 saturated heterocycles. The molecule has 0 radical (unpaired) electrons. The lowest BCUT2D eigenvalue weighted by atomic mass is 10.1. The van der Waals surface area contributed by atoms with Gasteiger partial charge in [-0.15, -0.1) is 0 Å². The van der Waals surface area contributed by atoms with Crippen LogP contribution in [0.5, 0.6) is 0 Å². The van der Waals surface area contributed by atoms with Crippen LogP contribution in [-0.4, -0.2) is 35.9 Å².